The van der Waals surface area contributed by atoms with E-state index in [2.05, 4.69) is 10.3 Å². The fourth-order valence-corrected chi connectivity index (χ4v) is 3.49. The Hall–Kier alpha value is -3.15. The molecule has 0 spiro atoms. The highest BCUT2D eigenvalue weighted by atomic mass is 16.5. The molecular weight excluding hydrogens is 356 g/mol. The number of hydrogen-bond acceptors (Lipinski definition) is 5. The molecule has 0 bridgehead atoms. The van der Waals surface area contributed by atoms with Crippen LogP contribution in [0, 0.1) is 6.92 Å². The molecule has 3 aromatic rings. The first-order valence-electron chi connectivity index (χ1n) is 9.51. The molecule has 1 aliphatic carbocycles. The van der Waals surface area contributed by atoms with Crippen molar-refractivity contribution in [3.05, 3.63) is 70.2 Å². The Morgan fingerprint density at radius 2 is 1.93 bits per heavy atom. The van der Waals surface area contributed by atoms with Crippen molar-refractivity contribution in [2.45, 2.75) is 44.8 Å². The Kier molecular flexibility index (Phi) is 5.10. The quantitative estimate of drug-likeness (QED) is 0.750. The van der Waals surface area contributed by atoms with Crippen LogP contribution < -0.4 is 15.5 Å². The van der Waals surface area contributed by atoms with Crippen LogP contribution in [0.25, 0.3) is 11.0 Å². The van der Waals surface area contributed by atoms with Crippen LogP contribution >= 0.6 is 0 Å². The first-order valence-corrected chi connectivity index (χ1v) is 9.51. The molecule has 1 fully saturated rings. The first kappa shape index (κ1) is 18.2. The van der Waals surface area contributed by atoms with Crippen LogP contribution in [0.3, 0.4) is 0 Å². The van der Waals surface area contributed by atoms with E-state index in [1.165, 1.54) is 6.07 Å². The molecule has 0 saturated heterocycles. The summed E-state index contributed by atoms with van der Waals surface area (Å²) in [5.41, 5.74) is 1.30. The third-order valence-electron chi connectivity index (χ3n) is 5.04. The second-order valence-electron chi connectivity index (χ2n) is 7.21. The van der Waals surface area contributed by atoms with E-state index in [0.717, 1.165) is 31.2 Å². The van der Waals surface area contributed by atoms with Crippen molar-refractivity contribution in [2.24, 2.45) is 0 Å². The molecule has 6 nitrogen and oxygen atoms in total. The molecule has 0 radical (unpaired) electrons. The summed E-state index contributed by atoms with van der Waals surface area (Å²) in [6, 6.07) is 12.1. The summed E-state index contributed by atoms with van der Waals surface area (Å²) in [5.74, 6) is 0.328. The van der Waals surface area contributed by atoms with Gasteiger partial charge in [-0.2, -0.15) is 0 Å². The van der Waals surface area contributed by atoms with Gasteiger partial charge in [0.15, 0.2) is 11.2 Å². The minimum Gasteiger partial charge on any atom is -0.474 e. The van der Waals surface area contributed by atoms with Crippen LogP contribution in [-0.2, 0) is 0 Å². The molecule has 4 rings (SSSR count). The molecule has 144 valence electrons. The molecule has 0 unspecified atom stereocenters. The summed E-state index contributed by atoms with van der Waals surface area (Å²) in [5, 5.41) is 3.45. The van der Waals surface area contributed by atoms with E-state index < -0.39 is 0 Å². The van der Waals surface area contributed by atoms with Crippen LogP contribution in [-0.4, -0.2) is 23.0 Å². The predicted molar refractivity (Wildman–Crippen MR) is 106 cm³/mol. The van der Waals surface area contributed by atoms with Gasteiger partial charge in [0, 0.05) is 24.4 Å². The third kappa shape index (κ3) is 4.06. The van der Waals surface area contributed by atoms with Gasteiger partial charge in [-0.15, -0.1) is 0 Å². The van der Waals surface area contributed by atoms with Gasteiger partial charge in [-0.05, 0) is 50.3 Å². The fourth-order valence-electron chi connectivity index (χ4n) is 3.49. The lowest BCUT2D eigenvalue weighted by molar-refractivity contribution is 0.0864. The van der Waals surface area contributed by atoms with Gasteiger partial charge in [-0.3, -0.25) is 9.59 Å². The normalized spacial score (nSPS) is 19.3. The van der Waals surface area contributed by atoms with E-state index in [-0.39, 0.29) is 29.2 Å². The minimum absolute atomic E-state index is 0.0371. The molecule has 1 aromatic carbocycles. The Morgan fingerprint density at radius 1 is 1.14 bits per heavy atom. The summed E-state index contributed by atoms with van der Waals surface area (Å²) in [7, 11) is 0. The molecule has 1 amide bonds. The summed E-state index contributed by atoms with van der Waals surface area (Å²) in [6.07, 6.45) is 5.17. The summed E-state index contributed by atoms with van der Waals surface area (Å²) < 4.78 is 11.5. The topological polar surface area (TPSA) is 81.4 Å². The minimum atomic E-state index is -0.354. The van der Waals surface area contributed by atoms with Crippen molar-refractivity contribution in [2.75, 3.05) is 0 Å². The van der Waals surface area contributed by atoms with Gasteiger partial charge in [-0.1, -0.05) is 18.2 Å². The third-order valence-corrected chi connectivity index (χ3v) is 5.04. The highest BCUT2D eigenvalue weighted by molar-refractivity contribution is 5.93. The van der Waals surface area contributed by atoms with Gasteiger partial charge in [-0.25, -0.2) is 4.98 Å². The molecule has 2 heterocycles. The number of ether oxygens (including phenoxy) is 1. The number of para-hydroxylation sites is 1. The van der Waals surface area contributed by atoms with E-state index in [0.29, 0.717) is 16.8 Å². The zero-order chi connectivity index (χ0) is 19.5. The molecule has 28 heavy (non-hydrogen) atoms. The number of aryl methyl sites for hydroxylation is 1. The predicted octanol–water partition coefficient (Wildman–Crippen LogP) is 3.62. The average Bonchev–Trinajstić information content (AvgIpc) is 2.71. The molecule has 1 aliphatic rings. The van der Waals surface area contributed by atoms with E-state index in [1.54, 1.807) is 30.5 Å². The highest BCUT2D eigenvalue weighted by Gasteiger charge is 2.25. The number of benzene rings is 1. The molecule has 0 atom stereocenters. The van der Waals surface area contributed by atoms with Gasteiger partial charge in [0.2, 0.25) is 5.88 Å². The van der Waals surface area contributed by atoms with E-state index in [9.17, 15) is 9.59 Å². The van der Waals surface area contributed by atoms with E-state index in [4.69, 9.17) is 9.15 Å². The van der Waals surface area contributed by atoms with Crippen LogP contribution in [0.4, 0.5) is 0 Å². The van der Waals surface area contributed by atoms with Gasteiger partial charge in [0.05, 0.1) is 5.39 Å². The number of amides is 1. The number of rotatable bonds is 4. The van der Waals surface area contributed by atoms with Crippen LogP contribution in [0.5, 0.6) is 5.88 Å². The number of nitrogens with one attached hydrogen (secondary N) is 1. The average molecular weight is 378 g/mol. The number of nitrogens with zero attached hydrogens (tertiary/aromatic N) is 1. The van der Waals surface area contributed by atoms with Crippen molar-refractivity contribution >= 4 is 16.9 Å². The second-order valence-corrected chi connectivity index (χ2v) is 7.21. The molecule has 0 aliphatic heterocycles. The fraction of sp³-hybridized carbons (Fsp3) is 0.318. The number of aromatic nitrogens is 1. The van der Waals surface area contributed by atoms with Crippen molar-refractivity contribution in [1.82, 2.24) is 10.3 Å². The number of hydrogen-bond donors (Lipinski definition) is 1. The number of carbonyl (C=O) groups is 1. The summed E-state index contributed by atoms with van der Waals surface area (Å²) >= 11 is 0. The van der Waals surface area contributed by atoms with Crippen molar-refractivity contribution in [3.63, 3.8) is 0 Å². The van der Waals surface area contributed by atoms with Gasteiger partial charge in [0.1, 0.15) is 11.7 Å². The SMILES string of the molecule is Cc1ccc(OC2CCC(NC(=O)c3cc(=O)c4ccccc4o3)CC2)nc1. The number of pyridine rings is 1. The Bertz CT molecular complexity index is 1030. The zero-order valence-corrected chi connectivity index (χ0v) is 15.7. The molecule has 1 saturated carbocycles. The first-order chi connectivity index (χ1) is 13.6. The second kappa shape index (κ2) is 7.84. The maximum absolute atomic E-state index is 12.5. The lowest BCUT2D eigenvalue weighted by Gasteiger charge is -2.29. The van der Waals surface area contributed by atoms with Crippen molar-refractivity contribution in [1.29, 1.82) is 0 Å². The van der Waals surface area contributed by atoms with Gasteiger partial charge >= 0.3 is 0 Å². The van der Waals surface area contributed by atoms with Crippen LogP contribution in [0.1, 0.15) is 41.8 Å². The van der Waals surface area contributed by atoms with Crippen LogP contribution in [0.15, 0.2) is 57.9 Å². The molecule has 2 aromatic heterocycles. The summed E-state index contributed by atoms with van der Waals surface area (Å²) in [4.78, 5) is 29.0. The Labute approximate surface area is 162 Å². The standard InChI is InChI=1S/C22H22N2O4/c1-14-6-11-21(23-13-14)27-16-9-7-15(8-10-16)24-22(26)20-12-18(25)17-4-2-3-5-19(17)28-20/h2-6,11-13,15-16H,7-10H2,1H3,(H,24,26). The highest BCUT2D eigenvalue weighted by Crippen LogP contribution is 2.23. The lowest BCUT2D eigenvalue weighted by Crippen LogP contribution is -2.40. The zero-order valence-electron chi connectivity index (χ0n) is 15.7. The maximum atomic E-state index is 12.5. The Balaban J connectivity index is 1.35. The van der Waals surface area contributed by atoms with Gasteiger partial charge < -0.3 is 14.5 Å². The maximum Gasteiger partial charge on any atom is 0.287 e. The number of fused-ring (bicyclic) bond motifs is 1. The molecular formula is C22H22N2O4. The molecule has 6 heteroatoms. The van der Waals surface area contributed by atoms with Crippen molar-refractivity contribution in [3.8, 4) is 5.88 Å². The lowest BCUT2D eigenvalue weighted by atomic mass is 9.93. The molecule has 1 N–H and O–H groups in total. The van der Waals surface area contributed by atoms with Crippen molar-refractivity contribution < 1.29 is 13.9 Å². The van der Waals surface area contributed by atoms with E-state index >= 15 is 0 Å². The summed E-state index contributed by atoms with van der Waals surface area (Å²) in [6.45, 7) is 1.99. The van der Waals surface area contributed by atoms with Gasteiger partial charge in [0.25, 0.3) is 5.91 Å². The van der Waals surface area contributed by atoms with E-state index in [1.807, 2.05) is 19.1 Å². The Morgan fingerprint density at radius 3 is 2.68 bits per heavy atom. The monoisotopic (exact) mass is 378 g/mol. The van der Waals surface area contributed by atoms with Crippen LogP contribution in [0.2, 0.25) is 0 Å². The number of carbonyl (C=O) groups excluding carboxylic acids is 1. The largest absolute Gasteiger partial charge is 0.474 e. The smallest absolute Gasteiger partial charge is 0.287 e.